The van der Waals surface area contributed by atoms with Crippen LogP contribution < -0.4 is 0 Å². The molecule has 1 N–H and O–H groups in total. The number of aryl methyl sites for hydroxylation is 2. The predicted molar refractivity (Wildman–Crippen MR) is 72.0 cm³/mol. The molecule has 0 fully saturated rings. The summed E-state index contributed by atoms with van der Waals surface area (Å²) >= 11 is 0. The zero-order valence-corrected chi connectivity index (χ0v) is 10.3. The van der Waals surface area contributed by atoms with Crippen molar-refractivity contribution in [1.29, 1.82) is 5.26 Å². The Balaban J connectivity index is 1.98. The monoisotopic (exact) mass is 251 g/mol. The van der Waals surface area contributed by atoms with E-state index in [9.17, 15) is 4.79 Å². The second-order valence-corrected chi connectivity index (χ2v) is 4.31. The Morgan fingerprint density at radius 3 is 1.84 bits per heavy atom. The van der Waals surface area contributed by atoms with E-state index in [4.69, 9.17) is 10.4 Å². The summed E-state index contributed by atoms with van der Waals surface area (Å²) in [6, 6.07) is 16.5. The summed E-state index contributed by atoms with van der Waals surface area (Å²) in [6.07, 6.45) is 1.73. The summed E-state index contributed by atoms with van der Waals surface area (Å²) < 4.78 is 0. The number of carbonyl (C=O) groups is 1. The highest BCUT2D eigenvalue weighted by atomic mass is 16.4. The van der Waals surface area contributed by atoms with Crippen molar-refractivity contribution < 1.29 is 9.90 Å². The number of nitriles is 1. The summed E-state index contributed by atoms with van der Waals surface area (Å²) in [7, 11) is 0. The van der Waals surface area contributed by atoms with Gasteiger partial charge in [-0.25, -0.2) is 4.79 Å². The average Bonchev–Trinajstić information content (AvgIpc) is 2.46. The van der Waals surface area contributed by atoms with E-state index in [-0.39, 0.29) is 0 Å². The van der Waals surface area contributed by atoms with Gasteiger partial charge in [0, 0.05) is 0 Å². The maximum atomic E-state index is 10.7. The van der Waals surface area contributed by atoms with Gasteiger partial charge in [-0.3, -0.25) is 0 Å². The van der Waals surface area contributed by atoms with Gasteiger partial charge in [0.15, 0.2) is 0 Å². The third-order valence-corrected chi connectivity index (χ3v) is 2.99. The highest BCUT2D eigenvalue weighted by Crippen LogP contribution is 2.10. The van der Waals surface area contributed by atoms with Crippen molar-refractivity contribution >= 4 is 5.97 Å². The number of carboxylic acid groups (broad SMARTS) is 1. The lowest BCUT2D eigenvalue weighted by atomic mass is 10.0. The SMILES string of the molecule is N#Cc1ccc(CCc2ccc(C(=O)O)cc2)cc1. The van der Waals surface area contributed by atoms with E-state index in [2.05, 4.69) is 6.07 Å². The molecule has 0 aliphatic carbocycles. The molecule has 0 aliphatic heterocycles. The fourth-order valence-corrected chi connectivity index (χ4v) is 1.85. The first kappa shape index (κ1) is 12.8. The van der Waals surface area contributed by atoms with Gasteiger partial charge in [0.2, 0.25) is 0 Å². The second-order valence-electron chi connectivity index (χ2n) is 4.31. The number of benzene rings is 2. The molecule has 0 amide bonds. The van der Waals surface area contributed by atoms with Crippen LogP contribution in [0.25, 0.3) is 0 Å². The molecule has 0 unspecified atom stereocenters. The summed E-state index contributed by atoms with van der Waals surface area (Å²) in [5.74, 6) is -0.904. The highest BCUT2D eigenvalue weighted by Gasteiger charge is 2.02. The summed E-state index contributed by atoms with van der Waals surface area (Å²) in [5, 5.41) is 17.5. The lowest BCUT2D eigenvalue weighted by Crippen LogP contribution is -1.97. The van der Waals surface area contributed by atoms with Gasteiger partial charge in [0.05, 0.1) is 17.2 Å². The highest BCUT2D eigenvalue weighted by molar-refractivity contribution is 5.87. The van der Waals surface area contributed by atoms with E-state index in [1.165, 1.54) is 5.56 Å². The third-order valence-electron chi connectivity index (χ3n) is 2.99. The predicted octanol–water partition coefficient (Wildman–Crippen LogP) is 3.04. The molecule has 0 bridgehead atoms. The van der Waals surface area contributed by atoms with Gasteiger partial charge in [-0.1, -0.05) is 24.3 Å². The van der Waals surface area contributed by atoms with Gasteiger partial charge in [0.1, 0.15) is 0 Å². The first-order valence-corrected chi connectivity index (χ1v) is 6.00. The van der Waals surface area contributed by atoms with Crippen LogP contribution >= 0.6 is 0 Å². The number of hydrogen-bond donors (Lipinski definition) is 1. The van der Waals surface area contributed by atoms with Crippen LogP contribution in [-0.4, -0.2) is 11.1 Å². The van der Waals surface area contributed by atoms with E-state index in [1.807, 2.05) is 36.4 Å². The number of nitrogens with zero attached hydrogens (tertiary/aromatic N) is 1. The van der Waals surface area contributed by atoms with Gasteiger partial charge in [-0.15, -0.1) is 0 Å². The van der Waals surface area contributed by atoms with Gasteiger partial charge in [-0.05, 0) is 48.2 Å². The van der Waals surface area contributed by atoms with Crippen LogP contribution in [0.4, 0.5) is 0 Å². The molecule has 0 aromatic heterocycles. The molecule has 2 aromatic rings. The molecular formula is C16H13NO2. The average molecular weight is 251 g/mol. The molecule has 2 rings (SSSR count). The Morgan fingerprint density at radius 2 is 1.42 bits per heavy atom. The number of carboxylic acids is 1. The zero-order valence-electron chi connectivity index (χ0n) is 10.3. The van der Waals surface area contributed by atoms with Crippen molar-refractivity contribution in [3.63, 3.8) is 0 Å². The van der Waals surface area contributed by atoms with Crippen LogP contribution in [0.1, 0.15) is 27.0 Å². The van der Waals surface area contributed by atoms with E-state index in [0.717, 1.165) is 18.4 Å². The summed E-state index contributed by atoms with van der Waals surface area (Å²) in [6.45, 7) is 0. The third kappa shape index (κ3) is 3.43. The Labute approximate surface area is 111 Å². The van der Waals surface area contributed by atoms with Crippen LogP contribution in [-0.2, 0) is 12.8 Å². The lowest BCUT2D eigenvalue weighted by Gasteiger charge is -2.03. The maximum Gasteiger partial charge on any atom is 0.335 e. The minimum atomic E-state index is -0.904. The molecule has 94 valence electrons. The molecule has 0 radical (unpaired) electrons. The van der Waals surface area contributed by atoms with Crippen LogP contribution in [0.2, 0.25) is 0 Å². The zero-order chi connectivity index (χ0) is 13.7. The van der Waals surface area contributed by atoms with Gasteiger partial charge >= 0.3 is 5.97 Å². The molecule has 0 saturated heterocycles. The van der Waals surface area contributed by atoms with Crippen molar-refractivity contribution in [3.8, 4) is 6.07 Å². The van der Waals surface area contributed by atoms with Crippen molar-refractivity contribution in [3.05, 3.63) is 70.8 Å². The fraction of sp³-hybridized carbons (Fsp3) is 0.125. The standard InChI is InChI=1S/C16H13NO2/c17-11-14-5-3-12(4-6-14)1-2-13-7-9-15(10-8-13)16(18)19/h3-10H,1-2H2,(H,18,19). The van der Waals surface area contributed by atoms with Crippen molar-refractivity contribution in [2.75, 3.05) is 0 Å². The minimum Gasteiger partial charge on any atom is -0.478 e. The summed E-state index contributed by atoms with van der Waals surface area (Å²) in [4.78, 5) is 10.7. The quantitative estimate of drug-likeness (QED) is 0.908. The normalized spacial score (nSPS) is 9.84. The molecule has 2 aromatic carbocycles. The molecule has 0 saturated carbocycles. The number of aromatic carboxylic acids is 1. The number of hydrogen-bond acceptors (Lipinski definition) is 2. The minimum absolute atomic E-state index is 0.308. The maximum absolute atomic E-state index is 10.7. The van der Waals surface area contributed by atoms with Crippen molar-refractivity contribution in [1.82, 2.24) is 0 Å². The Kier molecular flexibility index (Phi) is 3.94. The number of rotatable bonds is 4. The molecule has 0 aliphatic rings. The topological polar surface area (TPSA) is 61.1 Å². The Bertz CT molecular complexity index is 607. The van der Waals surface area contributed by atoms with Crippen LogP contribution in [0.3, 0.4) is 0 Å². The Morgan fingerprint density at radius 1 is 0.947 bits per heavy atom. The molecule has 0 atom stereocenters. The van der Waals surface area contributed by atoms with Crippen LogP contribution in [0.5, 0.6) is 0 Å². The molecule has 0 heterocycles. The van der Waals surface area contributed by atoms with Gasteiger partial charge in [-0.2, -0.15) is 5.26 Å². The molecule has 0 spiro atoms. The largest absolute Gasteiger partial charge is 0.478 e. The molecule has 3 nitrogen and oxygen atoms in total. The van der Waals surface area contributed by atoms with Crippen LogP contribution in [0, 0.1) is 11.3 Å². The van der Waals surface area contributed by atoms with Crippen molar-refractivity contribution in [2.45, 2.75) is 12.8 Å². The molecular weight excluding hydrogens is 238 g/mol. The first-order valence-electron chi connectivity index (χ1n) is 6.00. The second kappa shape index (κ2) is 5.83. The van der Waals surface area contributed by atoms with Crippen molar-refractivity contribution in [2.24, 2.45) is 0 Å². The lowest BCUT2D eigenvalue weighted by molar-refractivity contribution is 0.0697. The smallest absolute Gasteiger partial charge is 0.335 e. The summed E-state index contributed by atoms with van der Waals surface area (Å²) in [5.41, 5.74) is 3.24. The molecule has 3 heteroatoms. The molecule has 19 heavy (non-hydrogen) atoms. The van der Waals surface area contributed by atoms with E-state index < -0.39 is 5.97 Å². The van der Waals surface area contributed by atoms with Gasteiger partial charge in [0.25, 0.3) is 0 Å². The van der Waals surface area contributed by atoms with Gasteiger partial charge < -0.3 is 5.11 Å². The van der Waals surface area contributed by atoms with E-state index in [0.29, 0.717) is 11.1 Å². The van der Waals surface area contributed by atoms with E-state index >= 15 is 0 Å². The fourth-order valence-electron chi connectivity index (χ4n) is 1.85. The van der Waals surface area contributed by atoms with Crippen LogP contribution in [0.15, 0.2) is 48.5 Å². The first-order chi connectivity index (χ1) is 9.19. The Hall–Kier alpha value is -2.60. The van der Waals surface area contributed by atoms with E-state index in [1.54, 1.807) is 12.1 Å².